The molecular formula is C54H63FN4OS. The summed E-state index contributed by atoms with van der Waals surface area (Å²) in [5, 5.41) is 2.12. The van der Waals surface area contributed by atoms with Gasteiger partial charge in [0.25, 0.3) is 0 Å². The van der Waals surface area contributed by atoms with Crippen LogP contribution in [0.1, 0.15) is 135 Å². The van der Waals surface area contributed by atoms with Crippen molar-refractivity contribution in [2.24, 2.45) is 0 Å². The molecule has 318 valence electrons. The number of halogens is 1. The standard InChI is InChI=1S/C52H57FN4OS.C2H6/c1-32(2)36-22-18-23-37(33(3)4)47(36)56-29-27-54-50(56)38-19-12-15-24-43(38)52(9,10)59(11,53)45-26-17-14-21-40(45)51-55-28-30-57(51)48-41(34(5)6)31-42(35(7)8)49-46(48)39-20-13-16-25-44(39)58-49;1-2/h12-35H,1-11H3;1-2H3. The molecule has 0 radical (unpaired) electrons. The summed E-state index contributed by atoms with van der Waals surface area (Å²) >= 11 is 0. The number of benzene rings is 5. The molecule has 1 atom stereocenters. The highest BCUT2D eigenvalue weighted by Crippen LogP contribution is 2.70. The first-order valence-corrected chi connectivity index (χ1v) is 23.9. The predicted molar refractivity (Wildman–Crippen MR) is 259 cm³/mol. The van der Waals surface area contributed by atoms with Gasteiger partial charge in [0.05, 0.1) is 16.8 Å². The summed E-state index contributed by atoms with van der Waals surface area (Å²) in [6.45, 7) is 26.0. The maximum atomic E-state index is 18.8. The molecule has 0 spiro atoms. The zero-order chi connectivity index (χ0) is 44.0. The third-order valence-corrected chi connectivity index (χ3v) is 15.7. The lowest BCUT2D eigenvalue weighted by Crippen LogP contribution is -2.25. The Hall–Kier alpha value is -5.40. The van der Waals surface area contributed by atoms with Crippen LogP contribution in [0.25, 0.3) is 56.1 Å². The number of fused-ring (bicyclic) bond motifs is 3. The normalized spacial score (nSPS) is 13.7. The van der Waals surface area contributed by atoms with Crippen LogP contribution in [0.2, 0.25) is 0 Å². The molecule has 1 unspecified atom stereocenters. The van der Waals surface area contributed by atoms with Gasteiger partial charge in [0.1, 0.15) is 22.8 Å². The third-order valence-electron chi connectivity index (χ3n) is 12.3. The van der Waals surface area contributed by atoms with Crippen LogP contribution in [0, 0.1) is 0 Å². The van der Waals surface area contributed by atoms with Gasteiger partial charge in [-0.3, -0.25) is 9.13 Å². The van der Waals surface area contributed by atoms with Crippen molar-refractivity contribution in [3.05, 3.63) is 150 Å². The quantitative estimate of drug-likeness (QED) is 0.130. The number of furan rings is 1. The number of rotatable bonds is 11. The average Bonchev–Trinajstić information content (AvgIpc) is 4.03. The van der Waals surface area contributed by atoms with Crippen molar-refractivity contribution >= 4 is 32.4 Å². The van der Waals surface area contributed by atoms with Gasteiger partial charge in [0, 0.05) is 50.9 Å². The van der Waals surface area contributed by atoms with Crippen LogP contribution in [0.3, 0.4) is 0 Å². The zero-order valence-electron chi connectivity index (χ0n) is 38.3. The number of para-hydroxylation sites is 2. The molecule has 5 aromatic carbocycles. The number of hydrogen-bond acceptors (Lipinski definition) is 3. The van der Waals surface area contributed by atoms with Gasteiger partial charge < -0.3 is 4.42 Å². The second kappa shape index (κ2) is 17.2. The van der Waals surface area contributed by atoms with Gasteiger partial charge in [0.2, 0.25) is 0 Å². The maximum absolute atomic E-state index is 18.8. The highest BCUT2D eigenvalue weighted by molar-refractivity contribution is 8.29. The Bertz CT molecular complexity index is 2790. The van der Waals surface area contributed by atoms with Crippen LogP contribution < -0.4 is 0 Å². The van der Waals surface area contributed by atoms with Crippen LogP contribution in [0.15, 0.2) is 131 Å². The fourth-order valence-corrected chi connectivity index (χ4v) is 10.9. The third kappa shape index (κ3) is 7.43. The fourth-order valence-electron chi connectivity index (χ4n) is 8.88. The maximum Gasteiger partial charge on any atom is 0.145 e. The Labute approximate surface area is 364 Å². The van der Waals surface area contributed by atoms with Crippen molar-refractivity contribution in [1.82, 2.24) is 19.1 Å². The molecule has 5 nitrogen and oxygen atoms in total. The molecule has 0 bridgehead atoms. The van der Waals surface area contributed by atoms with Crippen molar-refractivity contribution in [2.75, 3.05) is 6.26 Å². The summed E-state index contributed by atoms with van der Waals surface area (Å²) < 4.78 is 28.9. The number of nitrogens with zero attached hydrogens (tertiary/aromatic N) is 4. The van der Waals surface area contributed by atoms with Crippen molar-refractivity contribution in [3.63, 3.8) is 0 Å². The Morgan fingerprint density at radius 1 is 0.590 bits per heavy atom. The van der Waals surface area contributed by atoms with Crippen molar-refractivity contribution in [1.29, 1.82) is 0 Å². The molecule has 3 heterocycles. The summed E-state index contributed by atoms with van der Waals surface area (Å²) in [6, 6.07) is 33.4. The van der Waals surface area contributed by atoms with Crippen LogP contribution in [-0.2, 0) is 4.75 Å². The smallest absolute Gasteiger partial charge is 0.145 e. The molecule has 3 aromatic heterocycles. The Morgan fingerprint density at radius 2 is 1.10 bits per heavy atom. The summed E-state index contributed by atoms with van der Waals surface area (Å²) in [5.41, 5.74) is 11.4. The first-order valence-electron chi connectivity index (χ1n) is 22.0. The topological polar surface area (TPSA) is 48.8 Å². The Morgan fingerprint density at radius 3 is 1.70 bits per heavy atom. The van der Waals surface area contributed by atoms with Crippen molar-refractivity contribution < 1.29 is 8.30 Å². The number of imidazole rings is 2. The molecule has 0 aliphatic carbocycles. The van der Waals surface area contributed by atoms with Gasteiger partial charge in [-0.2, -0.15) is 3.89 Å². The molecule has 0 saturated carbocycles. The highest BCUT2D eigenvalue weighted by Gasteiger charge is 2.43. The lowest BCUT2D eigenvalue weighted by molar-refractivity contribution is 0.656. The molecule has 0 saturated heterocycles. The summed E-state index contributed by atoms with van der Waals surface area (Å²) in [4.78, 5) is 10.7. The average molecular weight is 835 g/mol. The fraction of sp³-hybridized carbons (Fsp3) is 0.333. The number of aromatic nitrogens is 4. The van der Waals surface area contributed by atoms with E-state index in [-0.39, 0.29) is 11.8 Å². The second-order valence-corrected chi connectivity index (χ2v) is 20.8. The first kappa shape index (κ1) is 43.7. The van der Waals surface area contributed by atoms with E-state index in [4.69, 9.17) is 14.4 Å². The number of hydrogen-bond donors (Lipinski definition) is 0. The van der Waals surface area contributed by atoms with Gasteiger partial charge in [-0.05, 0) is 89.8 Å². The Kier molecular flexibility index (Phi) is 12.3. The van der Waals surface area contributed by atoms with Crippen LogP contribution in [0.4, 0.5) is 3.89 Å². The molecule has 0 aliphatic heterocycles. The summed E-state index contributed by atoms with van der Waals surface area (Å²) in [7, 11) is -3.10. The molecule has 8 rings (SSSR count). The van der Waals surface area contributed by atoms with E-state index >= 15 is 3.89 Å². The molecule has 0 aliphatic rings. The lowest BCUT2D eigenvalue weighted by Gasteiger charge is -2.44. The molecule has 0 amide bonds. The van der Waals surface area contributed by atoms with E-state index in [1.807, 2.05) is 87.2 Å². The first-order chi connectivity index (χ1) is 29.1. The van der Waals surface area contributed by atoms with Crippen LogP contribution in [0.5, 0.6) is 0 Å². The van der Waals surface area contributed by atoms with E-state index in [2.05, 4.69) is 133 Å². The van der Waals surface area contributed by atoms with Gasteiger partial charge >= 0.3 is 0 Å². The van der Waals surface area contributed by atoms with Crippen LogP contribution in [-0.4, -0.2) is 25.4 Å². The Balaban J connectivity index is 0.00000277. The minimum atomic E-state index is -3.10. The van der Waals surface area contributed by atoms with E-state index in [1.54, 1.807) is 0 Å². The highest BCUT2D eigenvalue weighted by atomic mass is 32.3. The van der Waals surface area contributed by atoms with E-state index in [9.17, 15) is 0 Å². The molecule has 0 fully saturated rings. The zero-order valence-corrected chi connectivity index (χ0v) is 39.2. The van der Waals surface area contributed by atoms with Gasteiger partial charge in [0.15, 0.2) is 0 Å². The molecule has 7 heteroatoms. The predicted octanol–water partition coefficient (Wildman–Crippen LogP) is 16.4. The van der Waals surface area contributed by atoms with E-state index in [0.717, 1.165) is 55.8 Å². The van der Waals surface area contributed by atoms with E-state index in [0.29, 0.717) is 22.6 Å². The van der Waals surface area contributed by atoms with Crippen molar-refractivity contribution in [3.8, 4) is 34.2 Å². The van der Waals surface area contributed by atoms with E-state index in [1.165, 1.54) is 22.3 Å². The minimum absolute atomic E-state index is 0.204. The molecule has 8 aromatic rings. The SMILES string of the molecule is CC.CC(C)c1cccc(C(C)C)c1-n1ccnc1-c1ccccc1C(C)(C)S(C)(F)c1ccccc1-c1nccn1-c1c(C(C)C)cc(C(C)C)c2oc3ccccc3c12. The van der Waals surface area contributed by atoms with Gasteiger partial charge in [-0.15, -0.1) is 0 Å². The largest absolute Gasteiger partial charge is 0.456 e. The molecular weight excluding hydrogens is 772 g/mol. The second-order valence-electron chi connectivity index (χ2n) is 17.7. The van der Waals surface area contributed by atoms with Gasteiger partial charge in [-0.25, -0.2) is 9.97 Å². The van der Waals surface area contributed by atoms with Crippen LogP contribution >= 0.6 is 10.4 Å². The summed E-state index contributed by atoms with van der Waals surface area (Å²) in [6.07, 6.45) is 9.60. The monoisotopic (exact) mass is 834 g/mol. The lowest BCUT2D eigenvalue weighted by atomic mass is 9.90. The minimum Gasteiger partial charge on any atom is -0.456 e. The molecule has 61 heavy (non-hydrogen) atoms. The van der Waals surface area contributed by atoms with E-state index < -0.39 is 15.2 Å². The molecule has 0 N–H and O–H groups in total. The van der Waals surface area contributed by atoms with Crippen molar-refractivity contribution in [2.45, 2.75) is 116 Å². The van der Waals surface area contributed by atoms with Gasteiger partial charge in [-0.1, -0.05) is 159 Å². The summed E-state index contributed by atoms with van der Waals surface area (Å²) in [5.74, 6) is 2.59.